The first-order valence-electron chi connectivity index (χ1n) is 10.5. The Bertz CT molecular complexity index is 1240. The van der Waals surface area contributed by atoms with Crippen LogP contribution in [0.2, 0.25) is 0 Å². The van der Waals surface area contributed by atoms with Gasteiger partial charge in [-0.2, -0.15) is 9.61 Å². The summed E-state index contributed by atoms with van der Waals surface area (Å²) in [5.74, 6) is 0.513. The fourth-order valence-electron chi connectivity index (χ4n) is 3.94. The highest BCUT2D eigenvalue weighted by molar-refractivity contribution is 6.00. The van der Waals surface area contributed by atoms with Crippen molar-refractivity contribution in [3.05, 3.63) is 46.5 Å². The number of pyridine rings is 1. The highest BCUT2D eigenvalue weighted by atomic mass is 19.1. The minimum Gasteiger partial charge on any atom is -0.379 e. The fourth-order valence-corrected chi connectivity index (χ4v) is 3.94. The Morgan fingerprint density at radius 2 is 2.19 bits per heavy atom. The van der Waals surface area contributed by atoms with Gasteiger partial charge in [0.25, 0.3) is 11.5 Å². The van der Waals surface area contributed by atoms with Crippen LogP contribution in [0.1, 0.15) is 35.7 Å². The maximum atomic E-state index is 13.6. The molecule has 2 aliphatic carbocycles. The van der Waals surface area contributed by atoms with Gasteiger partial charge in [0.05, 0.1) is 24.4 Å². The molecule has 0 saturated heterocycles. The Kier molecular flexibility index (Phi) is 5.04. The summed E-state index contributed by atoms with van der Waals surface area (Å²) in [5.41, 5.74) is 0.698. The number of carbonyl (C=O) groups is 1. The number of hydrogen-bond donors (Lipinski definition) is 3. The van der Waals surface area contributed by atoms with E-state index in [0.717, 1.165) is 6.42 Å². The Labute approximate surface area is 182 Å². The van der Waals surface area contributed by atoms with Gasteiger partial charge in [0.2, 0.25) is 0 Å². The summed E-state index contributed by atoms with van der Waals surface area (Å²) in [7, 11) is 3.35. The zero-order valence-electron chi connectivity index (χ0n) is 17.7. The van der Waals surface area contributed by atoms with E-state index in [0.29, 0.717) is 35.8 Å². The van der Waals surface area contributed by atoms with Gasteiger partial charge in [0.15, 0.2) is 5.65 Å². The average molecular weight is 441 g/mol. The Morgan fingerprint density at radius 1 is 1.34 bits per heavy atom. The molecule has 0 bridgehead atoms. The zero-order chi connectivity index (χ0) is 22.4. The van der Waals surface area contributed by atoms with Gasteiger partial charge in [-0.05, 0) is 31.4 Å². The second-order valence-electron chi connectivity index (χ2n) is 8.08. The number of hydrogen-bond acceptors (Lipinski definition) is 7. The van der Waals surface area contributed by atoms with Gasteiger partial charge < -0.3 is 25.3 Å². The van der Waals surface area contributed by atoms with E-state index in [4.69, 9.17) is 4.74 Å². The van der Waals surface area contributed by atoms with E-state index < -0.39 is 18.1 Å². The molecule has 3 aromatic heterocycles. The molecule has 3 N–H and O–H groups in total. The molecule has 11 heteroatoms. The van der Waals surface area contributed by atoms with Crippen LogP contribution in [0.15, 0.2) is 35.4 Å². The summed E-state index contributed by atoms with van der Waals surface area (Å²) in [6.45, 7) is 0. The lowest BCUT2D eigenvalue weighted by Gasteiger charge is -2.30. The molecular weight excluding hydrogens is 417 g/mol. The van der Waals surface area contributed by atoms with Crippen LogP contribution in [0.5, 0.6) is 0 Å². The van der Waals surface area contributed by atoms with E-state index in [1.54, 1.807) is 43.1 Å². The first kappa shape index (κ1) is 20.4. The summed E-state index contributed by atoms with van der Waals surface area (Å²) < 4.78 is 22.1. The number of carbonyl (C=O) groups excluding carboxylic acids is 1. The van der Waals surface area contributed by atoms with Gasteiger partial charge >= 0.3 is 0 Å². The maximum Gasteiger partial charge on any atom is 0.274 e. The van der Waals surface area contributed by atoms with E-state index in [1.807, 2.05) is 0 Å². The number of alkyl halides is 1. The second-order valence-corrected chi connectivity index (χ2v) is 8.08. The predicted octanol–water partition coefficient (Wildman–Crippen LogP) is 1.87. The minimum atomic E-state index is -1.02. The highest BCUT2D eigenvalue weighted by Gasteiger charge is 2.39. The van der Waals surface area contributed by atoms with Crippen LogP contribution >= 0.6 is 0 Å². The van der Waals surface area contributed by atoms with Crippen LogP contribution in [-0.4, -0.2) is 57.5 Å². The number of nitrogens with zero attached hydrogens (tertiary/aromatic N) is 4. The number of amides is 1. The number of rotatable bonds is 7. The lowest BCUT2D eigenvalue weighted by Crippen LogP contribution is -2.48. The number of halogens is 1. The van der Waals surface area contributed by atoms with Crippen LogP contribution < -0.4 is 21.5 Å². The summed E-state index contributed by atoms with van der Waals surface area (Å²) >= 11 is 0. The largest absolute Gasteiger partial charge is 0.379 e. The number of nitrogens with one attached hydrogen (secondary N) is 3. The number of anilines is 3. The Morgan fingerprint density at radius 3 is 2.84 bits per heavy atom. The van der Waals surface area contributed by atoms with Gasteiger partial charge in [-0.15, -0.1) is 0 Å². The van der Waals surface area contributed by atoms with E-state index in [-0.39, 0.29) is 23.3 Å². The molecule has 0 radical (unpaired) electrons. The number of methoxy groups -OCH3 is 1. The first-order valence-corrected chi connectivity index (χ1v) is 10.5. The number of fused-ring (bicyclic) bond motifs is 1. The molecule has 0 unspecified atom stereocenters. The van der Waals surface area contributed by atoms with Crippen LogP contribution in [0, 0.1) is 0 Å². The van der Waals surface area contributed by atoms with Crippen LogP contribution in [0.25, 0.3) is 5.65 Å². The number of aromatic nitrogens is 4. The zero-order valence-corrected chi connectivity index (χ0v) is 17.7. The highest BCUT2D eigenvalue weighted by Crippen LogP contribution is 2.37. The second kappa shape index (κ2) is 7.90. The average Bonchev–Trinajstić information content (AvgIpc) is 3.46. The van der Waals surface area contributed by atoms with Crippen molar-refractivity contribution in [1.82, 2.24) is 24.5 Å². The SMILES string of the molecule is CNc1cc(Nc2cccn([C@H]3C[C@@H]3OC)c2=O)nc2c(C(=O)N[C@@H]3CC[C@H]3F)cnn12. The quantitative estimate of drug-likeness (QED) is 0.513. The Hall–Kier alpha value is -3.47. The third kappa shape index (κ3) is 3.48. The van der Waals surface area contributed by atoms with E-state index in [9.17, 15) is 14.0 Å². The van der Waals surface area contributed by atoms with Gasteiger partial charge in [0, 0.05) is 26.4 Å². The number of ether oxygens (including phenoxy) is 1. The van der Waals surface area contributed by atoms with Crippen molar-refractivity contribution in [2.75, 3.05) is 24.8 Å². The minimum absolute atomic E-state index is 0.0218. The molecule has 0 spiro atoms. The van der Waals surface area contributed by atoms with Crippen molar-refractivity contribution in [1.29, 1.82) is 0 Å². The molecule has 2 fully saturated rings. The van der Waals surface area contributed by atoms with E-state index >= 15 is 0 Å². The van der Waals surface area contributed by atoms with Crippen molar-refractivity contribution in [2.45, 2.75) is 43.6 Å². The first-order chi connectivity index (χ1) is 15.5. The van der Waals surface area contributed by atoms with Crippen molar-refractivity contribution in [3.63, 3.8) is 0 Å². The molecule has 2 saturated carbocycles. The molecule has 168 valence electrons. The van der Waals surface area contributed by atoms with Crippen molar-refractivity contribution in [3.8, 4) is 0 Å². The van der Waals surface area contributed by atoms with E-state index in [1.165, 1.54) is 10.7 Å². The van der Waals surface area contributed by atoms with Gasteiger partial charge in [-0.1, -0.05) is 0 Å². The van der Waals surface area contributed by atoms with E-state index in [2.05, 4.69) is 26.0 Å². The van der Waals surface area contributed by atoms with Crippen LogP contribution in [-0.2, 0) is 4.74 Å². The topological polar surface area (TPSA) is 115 Å². The molecular formula is C21H24FN7O3. The standard InChI is InChI=1S/C21H24FN7O3/c1-23-18-9-17(25-14-4-3-7-28(21(14)31)15-8-16(15)32-2)27-19-11(10-24-29(18)19)20(30)26-13-6-5-12(13)22/h3-4,7,9-10,12-13,15-16,23H,5-6,8H2,1-2H3,(H,25,27)(H,26,30)/t12-,13-,15+,16+/m1/s1. The molecule has 4 atom stereocenters. The smallest absolute Gasteiger partial charge is 0.274 e. The third-order valence-corrected chi connectivity index (χ3v) is 6.08. The normalized spacial score (nSPS) is 24.1. The third-order valence-electron chi connectivity index (χ3n) is 6.08. The summed E-state index contributed by atoms with van der Waals surface area (Å²) in [6.07, 6.45) is 4.02. The Balaban J connectivity index is 1.46. The molecule has 0 aliphatic heterocycles. The summed E-state index contributed by atoms with van der Waals surface area (Å²) in [5, 5.41) is 13.0. The van der Waals surface area contributed by atoms with Gasteiger partial charge in [-0.3, -0.25) is 9.59 Å². The molecule has 0 aromatic carbocycles. The molecule has 3 heterocycles. The van der Waals surface area contributed by atoms with Crippen molar-refractivity contribution >= 4 is 28.9 Å². The molecule has 5 rings (SSSR count). The monoisotopic (exact) mass is 441 g/mol. The van der Waals surface area contributed by atoms with Crippen molar-refractivity contribution in [2.24, 2.45) is 0 Å². The molecule has 2 aliphatic rings. The van der Waals surface area contributed by atoms with Crippen molar-refractivity contribution < 1.29 is 13.9 Å². The van der Waals surface area contributed by atoms with Crippen LogP contribution in [0.4, 0.5) is 21.7 Å². The fraction of sp³-hybridized carbons (Fsp3) is 0.429. The van der Waals surface area contributed by atoms with Gasteiger partial charge in [-0.25, -0.2) is 9.37 Å². The lowest BCUT2D eigenvalue weighted by molar-refractivity contribution is 0.0826. The summed E-state index contributed by atoms with van der Waals surface area (Å²) in [6, 6.07) is 4.69. The summed E-state index contributed by atoms with van der Waals surface area (Å²) in [4.78, 5) is 30.2. The van der Waals surface area contributed by atoms with Crippen LogP contribution in [0.3, 0.4) is 0 Å². The molecule has 1 amide bonds. The van der Waals surface area contributed by atoms with Gasteiger partial charge in [0.1, 0.15) is 29.1 Å². The molecule has 10 nitrogen and oxygen atoms in total. The maximum absolute atomic E-state index is 13.6. The lowest BCUT2D eigenvalue weighted by atomic mass is 9.90. The predicted molar refractivity (Wildman–Crippen MR) is 116 cm³/mol. The molecule has 3 aromatic rings. The molecule has 32 heavy (non-hydrogen) atoms.